The van der Waals surface area contributed by atoms with Crippen LogP contribution in [0.15, 0.2) is 12.4 Å². The molecule has 4 heteroatoms. The molecule has 0 aliphatic heterocycles. The molecular weight excluding hydrogens is 266 g/mol. The Morgan fingerprint density at radius 1 is 1.40 bits per heavy atom. The molecule has 1 fully saturated rings. The molecule has 0 amide bonds. The van der Waals surface area contributed by atoms with Crippen LogP contribution >= 0.6 is 11.8 Å². The first-order valence-corrected chi connectivity index (χ1v) is 9.15. The van der Waals surface area contributed by atoms with Crippen LogP contribution in [0.25, 0.3) is 0 Å². The van der Waals surface area contributed by atoms with Crippen molar-refractivity contribution in [3.8, 4) is 0 Å². The third kappa shape index (κ3) is 5.49. The summed E-state index contributed by atoms with van der Waals surface area (Å²) in [6, 6.07) is 0.589. The normalized spacial score (nSPS) is 18.3. The van der Waals surface area contributed by atoms with Crippen molar-refractivity contribution in [1.29, 1.82) is 0 Å². The van der Waals surface area contributed by atoms with Gasteiger partial charge in [0.1, 0.15) is 0 Å². The van der Waals surface area contributed by atoms with Gasteiger partial charge in [-0.1, -0.05) is 26.2 Å². The molecule has 1 unspecified atom stereocenters. The maximum absolute atomic E-state index is 4.28. The van der Waals surface area contributed by atoms with Crippen molar-refractivity contribution in [1.82, 2.24) is 15.1 Å². The molecule has 0 radical (unpaired) electrons. The maximum atomic E-state index is 4.28. The second-order valence-corrected chi connectivity index (χ2v) is 7.30. The predicted molar refractivity (Wildman–Crippen MR) is 88.3 cm³/mol. The number of aromatic nitrogens is 2. The van der Waals surface area contributed by atoms with Crippen LogP contribution < -0.4 is 5.32 Å². The molecule has 0 saturated heterocycles. The summed E-state index contributed by atoms with van der Waals surface area (Å²) < 4.78 is 1.90. The Morgan fingerprint density at radius 3 is 2.85 bits per heavy atom. The molecule has 114 valence electrons. The number of thioether (sulfide) groups is 1. The highest BCUT2D eigenvalue weighted by molar-refractivity contribution is 7.99. The van der Waals surface area contributed by atoms with Crippen LogP contribution in [0, 0.1) is 0 Å². The van der Waals surface area contributed by atoms with Crippen molar-refractivity contribution in [2.45, 2.75) is 63.2 Å². The third-order valence-electron chi connectivity index (χ3n) is 4.01. The summed E-state index contributed by atoms with van der Waals surface area (Å²) in [5, 5.41) is 8.90. The lowest BCUT2D eigenvalue weighted by molar-refractivity contribution is 0.511. The van der Waals surface area contributed by atoms with Gasteiger partial charge < -0.3 is 5.32 Å². The van der Waals surface area contributed by atoms with Gasteiger partial charge >= 0.3 is 0 Å². The summed E-state index contributed by atoms with van der Waals surface area (Å²) in [5.41, 5.74) is 1.35. The van der Waals surface area contributed by atoms with E-state index in [-0.39, 0.29) is 0 Å². The zero-order valence-corrected chi connectivity index (χ0v) is 13.8. The molecule has 1 aliphatic carbocycles. The van der Waals surface area contributed by atoms with Gasteiger partial charge in [0, 0.05) is 30.3 Å². The van der Waals surface area contributed by atoms with Crippen LogP contribution in [-0.4, -0.2) is 33.4 Å². The zero-order valence-electron chi connectivity index (χ0n) is 13.0. The topological polar surface area (TPSA) is 29.9 Å². The lowest BCUT2D eigenvalue weighted by Crippen LogP contribution is -2.34. The highest BCUT2D eigenvalue weighted by Gasteiger charge is 2.17. The number of nitrogens with zero attached hydrogens (tertiary/aromatic N) is 2. The fourth-order valence-electron chi connectivity index (χ4n) is 2.88. The molecule has 0 bridgehead atoms. The van der Waals surface area contributed by atoms with E-state index >= 15 is 0 Å². The second-order valence-electron chi connectivity index (χ2n) is 5.97. The molecule has 1 heterocycles. The number of rotatable bonds is 8. The molecule has 1 N–H and O–H groups in total. The quantitative estimate of drug-likeness (QED) is 0.797. The van der Waals surface area contributed by atoms with Crippen LogP contribution in [0.2, 0.25) is 0 Å². The minimum atomic E-state index is 0.589. The first kappa shape index (κ1) is 15.9. The lowest BCUT2D eigenvalue weighted by Gasteiger charge is -2.24. The van der Waals surface area contributed by atoms with Gasteiger partial charge in [-0.15, -0.1) is 0 Å². The molecule has 1 atom stereocenters. The van der Waals surface area contributed by atoms with E-state index in [0.717, 1.165) is 18.2 Å². The summed E-state index contributed by atoms with van der Waals surface area (Å²) in [4.78, 5) is 0. The van der Waals surface area contributed by atoms with E-state index in [4.69, 9.17) is 0 Å². The van der Waals surface area contributed by atoms with Gasteiger partial charge in [0.15, 0.2) is 0 Å². The Morgan fingerprint density at radius 2 is 2.20 bits per heavy atom. The van der Waals surface area contributed by atoms with Crippen molar-refractivity contribution in [2.75, 3.05) is 12.3 Å². The maximum Gasteiger partial charge on any atom is 0.0522 e. The van der Waals surface area contributed by atoms with E-state index < -0.39 is 0 Å². The lowest BCUT2D eigenvalue weighted by atomic mass is 10.0. The second kappa shape index (κ2) is 8.73. The Hall–Kier alpha value is -0.480. The van der Waals surface area contributed by atoms with E-state index in [1.54, 1.807) is 0 Å². The van der Waals surface area contributed by atoms with Crippen LogP contribution in [0.5, 0.6) is 0 Å². The van der Waals surface area contributed by atoms with E-state index in [9.17, 15) is 0 Å². The smallest absolute Gasteiger partial charge is 0.0522 e. The van der Waals surface area contributed by atoms with E-state index in [2.05, 4.69) is 35.3 Å². The SMILES string of the molecule is CCCNC(CSC1CCCCC1)Cc1cnn(C)c1. The van der Waals surface area contributed by atoms with E-state index in [1.807, 2.05) is 17.9 Å². The molecule has 1 saturated carbocycles. The predicted octanol–water partition coefficient (Wildman–Crippen LogP) is 3.40. The van der Waals surface area contributed by atoms with Crippen LogP contribution in [-0.2, 0) is 13.5 Å². The zero-order chi connectivity index (χ0) is 14.2. The third-order valence-corrected chi connectivity index (χ3v) is 5.55. The Kier molecular flexibility index (Phi) is 6.94. The van der Waals surface area contributed by atoms with Crippen molar-refractivity contribution in [3.05, 3.63) is 18.0 Å². The molecule has 0 spiro atoms. The van der Waals surface area contributed by atoms with Gasteiger partial charge in [-0.25, -0.2) is 0 Å². The minimum Gasteiger partial charge on any atom is -0.313 e. The molecular formula is C16H29N3S. The van der Waals surface area contributed by atoms with Gasteiger partial charge in [0.25, 0.3) is 0 Å². The monoisotopic (exact) mass is 295 g/mol. The highest BCUT2D eigenvalue weighted by Crippen LogP contribution is 2.28. The Bertz CT molecular complexity index is 372. The number of nitrogens with one attached hydrogen (secondary N) is 1. The summed E-state index contributed by atoms with van der Waals surface area (Å²) in [5.74, 6) is 1.24. The highest BCUT2D eigenvalue weighted by atomic mass is 32.2. The van der Waals surface area contributed by atoms with Gasteiger partial charge in [0.2, 0.25) is 0 Å². The van der Waals surface area contributed by atoms with Crippen molar-refractivity contribution >= 4 is 11.8 Å². The average Bonchev–Trinajstić information content (AvgIpc) is 2.88. The molecule has 1 aliphatic rings. The number of aryl methyl sites for hydroxylation is 1. The van der Waals surface area contributed by atoms with Crippen molar-refractivity contribution < 1.29 is 0 Å². The number of hydrogen-bond acceptors (Lipinski definition) is 3. The van der Waals surface area contributed by atoms with Crippen molar-refractivity contribution in [2.24, 2.45) is 7.05 Å². The molecule has 20 heavy (non-hydrogen) atoms. The molecule has 2 rings (SSSR count). The molecule has 0 aromatic carbocycles. The summed E-state index contributed by atoms with van der Waals surface area (Å²) >= 11 is 2.19. The van der Waals surface area contributed by atoms with Crippen LogP contribution in [0.3, 0.4) is 0 Å². The number of hydrogen-bond donors (Lipinski definition) is 1. The molecule has 3 nitrogen and oxygen atoms in total. The van der Waals surface area contributed by atoms with Gasteiger partial charge in [-0.2, -0.15) is 16.9 Å². The fraction of sp³-hybridized carbons (Fsp3) is 0.812. The van der Waals surface area contributed by atoms with Crippen LogP contribution in [0.1, 0.15) is 51.0 Å². The summed E-state index contributed by atoms with van der Waals surface area (Å²) in [6.07, 6.45) is 13.6. The fourth-order valence-corrected chi connectivity index (χ4v) is 4.29. The summed E-state index contributed by atoms with van der Waals surface area (Å²) in [6.45, 7) is 3.36. The van der Waals surface area contributed by atoms with Gasteiger partial charge in [-0.05, 0) is 37.8 Å². The standard InChI is InChI=1S/C16H29N3S/c1-3-9-17-15(10-14-11-18-19(2)12-14)13-20-16-7-5-4-6-8-16/h11-12,15-17H,3-10,13H2,1-2H3. The average molecular weight is 295 g/mol. The minimum absolute atomic E-state index is 0.589. The van der Waals surface area contributed by atoms with E-state index in [1.165, 1.54) is 49.8 Å². The largest absolute Gasteiger partial charge is 0.313 e. The molecule has 1 aromatic heterocycles. The van der Waals surface area contributed by atoms with Crippen LogP contribution in [0.4, 0.5) is 0 Å². The van der Waals surface area contributed by atoms with E-state index in [0.29, 0.717) is 6.04 Å². The first-order valence-electron chi connectivity index (χ1n) is 8.10. The Labute approximate surface area is 127 Å². The summed E-state index contributed by atoms with van der Waals surface area (Å²) in [7, 11) is 1.99. The van der Waals surface area contributed by atoms with Gasteiger partial charge in [-0.3, -0.25) is 4.68 Å². The molecule has 1 aromatic rings. The first-order chi connectivity index (χ1) is 9.78. The van der Waals surface area contributed by atoms with Crippen molar-refractivity contribution in [3.63, 3.8) is 0 Å². The van der Waals surface area contributed by atoms with Gasteiger partial charge in [0.05, 0.1) is 6.20 Å². The Balaban J connectivity index is 1.79.